The second kappa shape index (κ2) is 3.81. The van der Waals surface area contributed by atoms with E-state index in [0.717, 1.165) is 32.1 Å². The normalized spacial score (nSPS) is 34.8. The topological polar surface area (TPSA) is 61.1 Å². The van der Waals surface area contributed by atoms with Crippen molar-refractivity contribution in [3.05, 3.63) is 0 Å². The molecule has 0 aromatic rings. The Balaban J connectivity index is 2.23. The van der Waals surface area contributed by atoms with Gasteiger partial charge in [-0.2, -0.15) is 5.26 Å². The van der Waals surface area contributed by atoms with Crippen LogP contribution in [0.5, 0.6) is 0 Å². The summed E-state index contributed by atoms with van der Waals surface area (Å²) in [6, 6.07) is 2.23. The molecule has 2 rings (SSSR count). The van der Waals surface area contributed by atoms with Crippen molar-refractivity contribution < 1.29 is 9.90 Å². The van der Waals surface area contributed by atoms with Crippen LogP contribution in [0, 0.1) is 22.2 Å². The maximum Gasteiger partial charge on any atom is 0.158 e. The predicted molar refractivity (Wildman–Crippen MR) is 64.1 cm³/mol. The van der Waals surface area contributed by atoms with E-state index in [0.29, 0.717) is 12.8 Å². The largest absolute Gasteiger partial charge is 0.390 e. The van der Waals surface area contributed by atoms with Crippen molar-refractivity contribution in [1.82, 2.24) is 0 Å². The highest BCUT2D eigenvalue weighted by Crippen LogP contribution is 2.51. The minimum atomic E-state index is -0.928. The summed E-state index contributed by atoms with van der Waals surface area (Å²) in [5.74, 6) is 0.0350. The highest BCUT2D eigenvalue weighted by molar-refractivity contribution is 5.94. The number of nitriles is 1. The summed E-state index contributed by atoms with van der Waals surface area (Å²) >= 11 is 0. The van der Waals surface area contributed by atoms with Crippen LogP contribution in [0.1, 0.15) is 58.8 Å². The van der Waals surface area contributed by atoms with Crippen LogP contribution in [-0.4, -0.2) is 16.5 Å². The Hall–Kier alpha value is -0.880. The smallest absolute Gasteiger partial charge is 0.158 e. The third-order valence-electron chi connectivity index (χ3n) is 4.61. The van der Waals surface area contributed by atoms with Crippen LogP contribution in [0.3, 0.4) is 0 Å². The predicted octanol–water partition coefficient (Wildman–Crippen LogP) is 2.58. The maximum atomic E-state index is 12.4. The fourth-order valence-corrected chi connectivity index (χ4v) is 3.49. The zero-order valence-electron chi connectivity index (χ0n) is 10.8. The van der Waals surface area contributed by atoms with Gasteiger partial charge >= 0.3 is 0 Å². The molecular weight excluding hydrogens is 214 g/mol. The van der Waals surface area contributed by atoms with E-state index in [-0.39, 0.29) is 5.78 Å². The van der Waals surface area contributed by atoms with Crippen molar-refractivity contribution >= 4 is 5.78 Å². The molecule has 3 nitrogen and oxygen atoms in total. The molecular formula is C14H21NO2. The van der Waals surface area contributed by atoms with Crippen LogP contribution in [-0.2, 0) is 4.79 Å². The number of carbonyl (C=O) groups is 1. The van der Waals surface area contributed by atoms with E-state index >= 15 is 0 Å². The number of nitrogens with zero attached hydrogens (tertiary/aromatic N) is 1. The molecule has 0 amide bonds. The van der Waals surface area contributed by atoms with Gasteiger partial charge in [-0.25, -0.2) is 0 Å². The highest BCUT2D eigenvalue weighted by Gasteiger charge is 2.55. The van der Waals surface area contributed by atoms with E-state index in [1.165, 1.54) is 0 Å². The SMILES string of the molecule is CC1(C)CCC(C#N)(CC2(O)CCCC2)C1=O. The summed E-state index contributed by atoms with van der Waals surface area (Å²) in [4.78, 5) is 12.4. The number of ketones is 1. The molecule has 2 saturated carbocycles. The molecule has 94 valence electrons. The molecule has 1 N–H and O–H groups in total. The molecule has 0 saturated heterocycles. The van der Waals surface area contributed by atoms with Gasteiger partial charge in [-0.1, -0.05) is 26.7 Å². The molecule has 2 fully saturated rings. The number of hydrogen-bond donors (Lipinski definition) is 1. The first kappa shape index (κ1) is 12.6. The lowest BCUT2D eigenvalue weighted by molar-refractivity contribution is -0.132. The summed E-state index contributed by atoms with van der Waals surface area (Å²) in [7, 11) is 0. The third-order valence-corrected chi connectivity index (χ3v) is 4.61. The summed E-state index contributed by atoms with van der Waals surface area (Å²) in [5.41, 5.74) is -2.10. The van der Waals surface area contributed by atoms with E-state index in [4.69, 9.17) is 0 Å². The van der Waals surface area contributed by atoms with Gasteiger partial charge < -0.3 is 5.11 Å². The van der Waals surface area contributed by atoms with E-state index < -0.39 is 16.4 Å². The minimum Gasteiger partial charge on any atom is -0.390 e. The highest BCUT2D eigenvalue weighted by atomic mass is 16.3. The fourth-order valence-electron chi connectivity index (χ4n) is 3.49. The van der Waals surface area contributed by atoms with Crippen LogP contribution in [0.2, 0.25) is 0 Å². The van der Waals surface area contributed by atoms with Gasteiger partial charge in [0, 0.05) is 11.8 Å². The molecule has 0 spiro atoms. The minimum absolute atomic E-state index is 0.0350. The molecule has 0 bridgehead atoms. The Bertz CT molecular complexity index is 374. The lowest BCUT2D eigenvalue weighted by atomic mass is 9.73. The van der Waals surface area contributed by atoms with Crippen LogP contribution in [0.25, 0.3) is 0 Å². The standard InChI is InChI=1S/C14H21NO2/c1-12(2)7-8-13(10-15,11(12)16)9-14(17)5-3-4-6-14/h17H,3-9H2,1-2H3. The number of hydrogen-bond acceptors (Lipinski definition) is 3. The summed E-state index contributed by atoms with van der Waals surface area (Å²) < 4.78 is 0. The molecule has 0 heterocycles. The average molecular weight is 235 g/mol. The molecule has 1 atom stereocenters. The lowest BCUT2D eigenvalue weighted by Crippen LogP contribution is -2.39. The van der Waals surface area contributed by atoms with Gasteiger partial charge in [-0.15, -0.1) is 0 Å². The van der Waals surface area contributed by atoms with Crippen LogP contribution in [0.15, 0.2) is 0 Å². The van der Waals surface area contributed by atoms with Gasteiger partial charge in [0.25, 0.3) is 0 Å². The average Bonchev–Trinajstić information content (AvgIpc) is 2.78. The Labute approximate surface area is 103 Å². The Kier molecular flexibility index (Phi) is 2.82. The first-order valence-electron chi connectivity index (χ1n) is 6.52. The third kappa shape index (κ3) is 1.99. The van der Waals surface area contributed by atoms with Gasteiger partial charge in [-0.05, 0) is 25.7 Å². The molecule has 0 aromatic heterocycles. The van der Waals surface area contributed by atoms with Crippen molar-refractivity contribution in [1.29, 1.82) is 5.26 Å². The number of Topliss-reactive ketones (excluding diaryl/α,β-unsaturated/α-hetero) is 1. The molecule has 0 aliphatic heterocycles. The number of carbonyl (C=O) groups excluding carboxylic acids is 1. The quantitative estimate of drug-likeness (QED) is 0.800. The summed E-state index contributed by atoms with van der Waals surface area (Å²) in [6.07, 6.45) is 5.21. The van der Waals surface area contributed by atoms with Gasteiger partial charge in [-0.3, -0.25) is 4.79 Å². The molecule has 0 radical (unpaired) electrons. The summed E-state index contributed by atoms with van der Waals surface area (Å²) in [5, 5.41) is 19.8. The maximum absolute atomic E-state index is 12.4. The molecule has 1 unspecified atom stereocenters. The molecule has 3 heteroatoms. The molecule has 17 heavy (non-hydrogen) atoms. The first-order valence-corrected chi connectivity index (χ1v) is 6.52. The summed E-state index contributed by atoms with van der Waals surface area (Å²) in [6.45, 7) is 3.82. The molecule has 2 aliphatic rings. The van der Waals surface area contributed by atoms with Gasteiger partial charge in [0.1, 0.15) is 5.41 Å². The fraction of sp³-hybridized carbons (Fsp3) is 0.857. The molecule has 0 aromatic carbocycles. The number of aliphatic hydroxyl groups is 1. The van der Waals surface area contributed by atoms with E-state index in [1.807, 2.05) is 13.8 Å². The van der Waals surface area contributed by atoms with Gasteiger partial charge in [0.2, 0.25) is 0 Å². The van der Waals surface area contributed by atoms with E-state index in [1.54, 1.807) is 0 Å². The monoisotopic (exact) mass is 235 g/mol. The van der Waals surface area contributed by atoms with Gasteiger partial charge in [0.05, 0.1) is 11.7 Å². The number of rotatable bonds is 2. The Morgan fingerprint density at radius 3 is 2.24 bits per heavy atom. The second-order valence-electron chi connectivity index (χ2n) is 6.52. The second-order valence-corrected chi connectivity index (χ2v) is 6.52. The zero-order chi connectivity index (χ0) is 12.7. The van der Waals surface area contributed by atoms with Crippen LogP contribution < -0.4 is 0 Å². The van der Waals surface area contributed by atoms with Crippen molar-refractivity contribution in [3.8, 4) is 6.07 Å². The van der Waals surface area contributed by atoms with Crippen molar-refractivity contribution in [2.45, 2.75) is 64.4 Å². The van der Waals surface area contributed by atoms with E-state index in [9.17, 15) is 15.2 Å². The first-order chi connectivity index (χ1) is 7.84. The Morgan fingerprint density at radius 1 is 1.24 bits per heavy atom. The Morgan fingerprint density at radius 2 is 1.82 bits per heavy atom. The zero-order valence-corrected chi connectivity index (χ0v) is 10.8. The van der Waals surface area contributed by atoms with Crippen molar-refractivity contribution in [2.75, 3.05) is 0 Å². The van der Waals surface area contributed by atoms with Gasteiger partial charge in [0.15, 0.2) is 5.78 Å². The van der Waals surface area contributed by atoms with Crippen molar-refractivity contribution in [3.63, 3.8) is 0 Å². The van der Waals surface area contributed by atoms with Crippen LogP contribution in [0.4, 0.5) is 0 Å². The van der Waals surface area contributed by atoms with Crippen molar-refractivity contribution in [2.24, 2.45) is 10.8 Å². The van der Waals surface area contributed by atoms with E-state index in [2.05, 4.69) is 6.07 Å². The molecule has 2 aliphatic carbocycles. The van der Waals surface area contributed by atoms with Crippen LogP contribution >= 0.6 is 0 Å². The lowest BCUT2D eigenvalue weighted by Gasteiger charge is -2.31.